The molecule has 6 heteroatoms. The zero-order valence-corrected chi connectivity index (χ0v) is 13.7. The SMILES string of the molecule is O=C(NCCc1cscn1)NCC1(O)CCCc2ccccc21. The van der Waals surface area contributed by atoms with E-state index >= 15 is 0 Å². The van der Waals surface area contributed by atoms with Crippen LogP contribution in [0.15, 0.2) is 35.2 Å². The third-order valence-electron chi connectivity index (χ3n) is 4.25. The van der Waals surface area contributed by atoms with E-state index in [-0.39, 0.29) is 12.6 Å². The van der Waals surface area contributed by atoms with Crippen LogP contribution in [0.3, 0.4) is 0 Å². The van der Waals surface area contributed by atoms with Crippen molar-refractivity contribution in [2.24, 2.45) is 0 Å². The third kappa shape index (κ3) is 3.89. The first-order chi connectivity index (χ1) is 11.2. The van der Waals surface area contributed by atoms with Crippen LogP contribution >= 0.6 is 11.3 Å². The Morgan fingerprint density at radius 2 is 2.22 bits per heavy atom. The van der Waals surface area contributed by atoms with Crippen molar-refractivity contribution in [3.05, 3.63) is 52.0 Å². The van der Waals surface area contributed by atoms with Gasteiger partial charge in [0.1, 0.15) is 5.60 Å². The minimum atomic E-state index is -0.971. The molecule has 1 aromatic heterocycles. The topological polar surface area (TPSA) is 74.2 Å². The predicted molar refractivity (Wildman–Crippen MR) is 90.5 cm³/mol. The van der Waals surface area contributed by atoms with E-state index < -0.39 is 5.60 Å². The second-order valence-corrected chi connectivity index (χ2v) is 6.60. The molecule has 0 fully saturated rings. The molecule has 1 atom stereocenters. The Hall–Kier alpha value is -1.92. The van der Waals surface area contributed by atoms with Crippen molar-refractivity contribution in [3.8, 4) is 0 Å². The van der Waals surface area contributed by atoms with Crippen LogP contribution in [0.25, 0.3) is 0 Å². The molecule has 1 heterocycles. The highest BCUT2D eigenvalue weighted by Crippen LogP contribution is 2.34. The number of aryl methyl sites for hydroxylation is 1. The number of thiazole rings is 1. The summed E-state index contributed by atoms with van der Waals surface area (Å²) in [6.45, 7) is 0.761. The first-order valence-corrected chi connectivity index (χ1v) is 8.81. The van der Waals surface area contributed by atoms with Crippen molar-refractivity contribution in [1.82, 2.24) is 15.6 Å². The van der Waals surface area contributed by atoms with Crippen LogP contribution in [0.2, 0.25) is 0 Å². The Morgan fingerprint density at radius 1 is 1.35 bits per heavy atom. The molecule has 2 aromatic rings. The summed E-state index contributed by atoms with van der Waals surface area (Å²) < 4.78 is 0. The number of amides is 2. The van der Waals surface area contributed by atoms with E-state index in [0.29, 0.717) is 19.4 Å². The van der Waals surface area contributed by atoms with Crippen molar-refractivity contribution in [1.29, 1.82) is 0 Å². The Labute approximate surface area is 139 Å². The quantitative estimate of drug-likeness (QED) is 0.786. The van der Waals surface area contributed by atoms with Gasteiger partial charge in [0.25, 0.3) is 0 Å². The molecule has 3 rings (SSSR count). The predicted octanol–water partition coefficient (Wildman–Crippen LogP) is 2.21. The van der Waals surface area contributed by atoms with Crippen molar-refractivity contribution in [3.63, 3.8) is 0 Å². The lowest BCUT2D eigenvalue weighted by molar-refractivity contribution is 0.0217. The molecule has 5 nitrogen and oxygen atoms in total. The van der Waals surface area contributed by atoms with Gasteiger partial charge in [-0.2, -0.15) is 0 Å². The number of urea groups is 1. The second-order valence-electron chi connectivity index (χ2n) is 5.88. The summed E-state index contributed by atoms with van der Waals surface area (Å²) in [6, 6.07) is 7.67. The molecule has 0 spiro atoms. The summed E-state index contributed by atoms with van der Waals surface area (Å²) in [4.78, 5) is 16.1. The fourth-order valence-electron chi connectivity index (χ4n) is 3.04. The molecule has 0 saturated carbocycles. The van der Waals surface area contributed by atoms with Crippen LogP contribution in [0, 0.1) is 0 Å². The Kier molecular flexibility index (Phi) is 4.93. The number of hydrogen-bond donors (Lipinski definition) is 3. The van der Waals surface area contributed by atoms with Gasteiger partial charge in [0.05, 0.1) is 17.7 Å². The number of carbonyl (C=O) groups is 1. The molecule has 122 valence electrons. The third-order valence-corrected chi connectivity index (χ3v) is 4.88. The molecular formula is C17H21N3O2S. The summed E-state index contributed by atoms with van der Waals surface area (Å²) in [5.74, 6) is 0. The van der Waals surface area contributed by atoms with Gasteiger partial charge in [-0.05, 0) is 30.4 Å². The molecule has 1 aliphatic carbocycles. The fourth-order valence-corrected chi connectivity index (χ4v) is 3.63. The van der Waals surface area contributed by atoms with Gasteiger partial charge < -0.3 is 15.7 Å². The van der Waals surface area contributed by atoms with Crippen molar-refractivity contribution >= 4 is 17.4 Å². The lowest BCUT2D eigenvalue weighted by Gasteiger charge is -2.34. The maximum absolute atomic E-state index is 11.9. The second kappa shape index (κ2) is 7.10. The number of nitrogens with one attached hydrogen (secondary N) is 2. The molecule has 1 aliphatic rings. The van der Waals surface area contributed by atoms with E-state index in [2.05, 4.69) is 15.6 Å². The van der Waals surface area contributed by atoms with Gasteiger partial charge in [-0.1, -0.05) is 24.3 Å². The molecule has 1 aromatic carbocycles. The smallest absolute Gasteiger partial charge is 0.314 e. The van der Waals surface area contributed by atoms with E-state index in [0.717, 1.165) is 24.1 Å². The molecule has 0 radical (unpaired) electrons. The van der Waals surface area contributed by atoms with Crippen molar-refractivity contribution in [2.45, 2.75) is 31.3 Å². The number of benzene rings is 1. The summed E-state index contributed by atoms with van der Waals surface area (Å²) in [5.41, 5.74) is 3.91. The van der Waals surface area contributed by atoms with Gasteiger partial charge in [-0.3, -0.25) is 0 Å². The number of aliphatic hydroxyl groups is 1. The van der Waals surface area contributed by atoms with Crippen LogP contribution < -0.4 is 10.6 Å². The lowest BCUT2D eigenvalue weighted by Crippen LogP contribution is -2.46. The number of rotatable bonds is 5. The molecular weight excluding hydrogens is 310 g/mol. The van der Waals surface area contributed by atoms with Crippen molar-refractivity contribution in [2.75, 3.05) is 13.1 Å². The van der Waals surface area contributed by atoms with Gasteiger partial charge in [-0.25, -0.2) is 9.78 Å². The van der Waals surface area contributed by atoms with Crippen LogP contribution in [-0.4, -0.2) is 29.2 Å². The van der Waals surface area contributed by atoms with Crippen LogP contribution in [0.5, 0.6) is 0 Å². The highest BCUT2D eigenvalue weighted by atomic mass is 32.1. The van der Waals surface area contributed by atoms with Gasteiger partial charge in [0.2, 0.25) is 0 Å². The number of hydrogen-bond acceptors (Lipinski definition) is 4. The standard InChI is InChI=1S/C17H21N3O2S/c21-16(18-9-7-14-10-23-12-20-14)19-11-17(22)8-3-5-13-4-1-2-6-15(13)17/h1-2,4,6,10,12,22H,3,5,7-9,11H2,(H2,18,19,21). The minimum Gasteiger partial charge on any atom is -0.383 e. The van der Waals surface area contributed by atoms with Gasteiger partial charge in [0.15, 0.2) is 0 Å². The van der Waals surface area contributed by atoms with E-state index in [1.165, 1.54) is 5.56 Å². The largest absolute Gasteiger partial charge is 0.383 e. The number of carbonyl (C=O) groups excluding carboxylic acids is 1. The highest BCUT2D eigenvalue weighted by molar-refractivity contribution is 7.07. The summed E-state index contributed by atoms with van der Waals surface area (Å²) in [5, 5.41) is 18.5. The average Bonchev–Trinajstić information content (AvgIpc) is 3.07. The maximum atomic E-state index is 11.9. The Bertz CT molecular complexity index is 660. The normalized spacial score (nSPS) is 19.9. The summed E-state index contributed by atoms with van der Waals surface area (Å²) in [6.07, 6.45) is 3.30. The molecule has 2 amide bonds. The van der Waals surface area contributed by atoms with E-state index in [1.54, 1.807) is 16.8 Å². The van der Waals surface area contributed by atoms with Gasteiger partial charge in [0, 0.05) is 18.3 Å². The Balaban J connectivity index is 1.50. The van der Waals surface area contributed by atoms with E-state index in [1.807, 2.05) is 29.6 Å². The monoisotopic (exact) mass is 331 g/mol. The summed E-state index contributed by atoms with van der Waals surface area (Å²) in [7, 11) is 0. The molecule has 23 heavy (non-hydrogen) atoms. The maximum Gasteiger partial charge on any atom is 0.314 e. The fraction of sp³-hybridized carbons (Fsp3) is 0.412. The number of fused-ring (bicyclic) bond motifs is 1. The number of aromatic nitrogens is 1. The molecule has 0 bridgehead atoms. The minimum absolute atomic E-state index is 0.229. The molecule has 1 unspecified atom stereocenters. The zero-order chi connectivity index (χ0) is 16.1. The van der Waals surface area contributed by atoms with Gasteiger partial charge >= 0.3 is 6.03 Å². The van der Waals surface area contributed by atoms with Crippen LogP contribution in [0.4, 0.5) is 4.79 Å². The summed E-state index contributed by atoms with van der Waals surface area (Å²) >= 11 is 1.55. The first-order valence-electron chi connectivity index (χ1n) is 7.87. The van der Waals surface area contributed by atoms with E-state index in [4.69, 9.17) is 0 Å². The Morgan fingerprint density at radius 3 is 3.04 bits per heavy atom. The van der Waals surface area contributed by atoms with Crippen LogP contribution in [-0.2, 0) is 18.4 Å². The van der Waals surface area contributed by atoms with Gasteiger partial charge in [-0.15, -0.1) is 11.3 Å². The zero-order valence-electron chi connectivity index (χ0n) is 12.9. The number of nitrogens with zero attached hydrogens (tertiary/aromatic N) is 1. The molecule has 3 N–H and O–H groups in total. The lowest BCUT2D eigenvalue weighted by atomic mass is 9.79. The first kappa shape index (κ1) is 16.0. The average molecular weight is 331 g/mol. The van der Waals surface area contributed by atoms with Crippen molar-refractivity contribution < 1.29 is 9.90 Å². The van der Waals surface area contributed by atoms with E-state index in [9.17, 15) is 9.90 Å². The molecule has 0 aliphatic heterocycles. The highest BCUT2D eigenvalue weighted by Gasteiger charge is 2.34. The van der Waals surface area contributed by atoms with Crippen LogP contribution in [0.1, 0.15) is 29.7 Å². The molecule has 0 saturated heterocycles.